The molecule has 0 fully saturated rings. The zero-order valence-corrected chi connectivity index (χ0v) is 8.35. The summed E-state index contributed by atoms with van der Waals surface area (Å²) in [5.41, 5.74) is 4.40. The van der Waals surface area contributed by atoms with Gasteiger partial charge in [0, 0.05) is 17.2 Å². The molecule has 2 rings (SSSR count). The predicted molar refractivity (Wildman–Crippen MR) is 53.3 cm³/mol. The lowest BCUT2D eigenvalue weighted by Gasteiger charge is -2.05. The van der Waals surface area contributed by atoms with Crippen LogP contribution >= 0.6 is 0 Å². The Morgan fingerprint density at radius 1 is 1.18 bits per heavy atom. The van der Waals surface area contributed by atoms with Crippen LogP contribution in [0.4, 0.5) is 23.4 Å². The van der Waals surface area contributed by atoms with Gasteiger partial charge in [-0.05, 0) is 12.1 Å². The Kier molecular flexibility index (Phi) is 2.74. The minimum atomic E-state index is -2.89. The Morgan fingerprint density at radius 2 is 1.88 bits per heavy atom. The molecule has 17 heavy (non-hydrogen) atoms. The molecule has 7 heteroatoms. The van der Waals surface area contributed by atoms with E-state index < -0.39 is 23.6 Å². The summed E-state index contributed by atoms with van der Waals surface area (Å²) in [5, 5.41) is 5.84. The van der Waals surface area contributed by atoms with E-state index in [9.17, 15) is 17.6 Å². The number of aromatic amines is 1. The van der Waals surface area contributed by atoms with Crippen molar-refractivity contribution < 1.29 is 17.6 Å². The minimum absolute atomic E-state index is 0.0430. The fraction of sp³-hybridized carbons (Fsp3) is 0.100. The molecule has 90 valence electrons. The number of H-pyrrole nitrogens is 1. The van der Waals surface area contributed by atoms with Crippen LogP contribution in [0.5, 0.6) is 0 Å². The van der Waals surface area contributed by atoms with Crippen molar-refractivity contribution in [2.24, 2.45) is 0 Å². The molecular formula is C10H7F4N3. The van der Waals surface area contributed by atoms with Gasteiger partial charge in [0.25, 0.3) is 6.43 Å². The van der Waals surface area contributed by atoms with Gasteiger partial charge in [0.05, 0.1) is 5.69 Å². The number of nitrogen functional groups attached to an aromatic ring is 1. The van der Waals surface area contributed by atoms with Gasteiger partial charge in [-0.15, -0.1) is 0 Å². The van der Waals surface area contributed by atoms with Crippen LogP contribution < -0.4 is 5.73 Å². The summed E-state index contributed by atoms with van der Waals surface area (Å²) in [6.45, 7) is 0. The summed E-state index contributed by atoms with van der Waals surface area (Å²) in [5.74, 6) is -2.51. The van der Waals surface area contributed by atoms with Crippen molar-refractivity contribution in [3.05, 3.63) is 35.4 Å². The summed E-state index contributed by atoms with van der Waals surface area (Å²) < 4.78 is 51.4. The molecule has 1 aromatic heterocycles. The van der Waals surface area contributed by atoms with Gasteiger partial charge >= 0.3 is 0 Å². The first-order valence-electron chi connectivity index (χ1n) is 4.57. The summed E-state index contributed by atoms with van der Waals surface area (Å²) in [4.78, 5) is 0. The van der Waals surface area contributed by atoms with Crippen LogP contribution in [0.15, 0.2) is 18.2 Å². The standard InChI is InChI=1S/C10H7F4N3/c11-6-2-4(10(13)14)1-5(9(6)12)7-3-8(15)17-16-7/h1-3,10H,(H3,15,16,17). The number of anilines is 1. The molecule has 0 atom stereocenters. The predicted octanol–water partition coefficient (Wildman–Crippen LogP) is 2.87. The van der Waals surface area contributed by atoms with E-state index in [-0.39, 0.29) is 17.1 Å². The largest absolute Gasteiger partial charge is 0.382 e. The number of benzene rings is 1. The van der Waals surface area contributed by atoms with E-state index in [0.29, 0.717) is 6.07 Å². The van der Waals surface area contributed by atoms with Gasteiger partial charge in [-0.25, -0.2) is 17.6 Å². The lowest BCUT2D eigenvalue weighted by molar-refractivity contribution is 0.151. The maximum Gasteiger partial charge on any atom is 0.263 e. The van der Waals surface area contributed by atoms with Crippen LogP contribution in [0.1, 0.15) is 12.0 Å². The molecule has 0 radical (unpaired) electrons. The SMILES string of the molecule is Nc1cc(-c2cc(C(F)F)cc(F)c2F)[nH]n1. The molecular weight excluding hydrogens is 238 g/mol. The average molecular weight is 245 g/mol. The van der Waals surface area contributed by atoms with Gasteiger partial charge < -0.3 is 5.73 Å². The first kappa shape index (κ1) is 11.4. The number of hydrogen-bond acceptors (Lipinski definition) is 2. The Bertz CT molecular complexity index is 550. The van der Waals surface area contributed by atoms with Gasteiger partial charge in [-0.2, -0.15) is 5.10 Å². The van der Waals surface area contributed by atoms with E-state index in [1.165, 1.54) is 6.07 Å². The van der Waals surface area contributed by atoms with Crippen LogP contribution in [0, 0.1) is 11.6 Å². The number of aromatic nitrogens is 2. The van der Waals surface area contributed by atoms with E-state index >= 15 is 0 Å². The quantitative estimate of drug-likeness (QED) is 0.799. The van der Waals surface area contributed by atoms with Crippen molar-refractivity contribution in [2.45, 2.75) is 6.43 Å². The molecule has 0 saturated heterocycles. The molecule has 0 amide bonds. The van der Waals surface area contributed by atoms with Gasteiger partial charge in [0.15, 0.2) is 11.6 Å². The lowest BCUT2D eigenvalue weighted by atomic mass is 10.1. The van der Waals surface area contributed by atoms with E-state index in [1.807, 2.05) is 0 Å². The topological polar surface area (TPSA) is 54.7 Å². The molecule has 1 heterocycles. The Balaban J connectivity index is 2.60. The first-order chi connectivity index (χ1) is 7.99. The third-order valence-corrected chi connectivity index (χ3v) is 2.19. The van der Waals surface area contributed by atoms with Crippen molar-refractivity contribution in [2.75, 3.05) is 5.73 Å². The van der Waals surface area contributed by atoms with Crippen LogP contribution in [0.25, 0.3) is 11.3 Å². The highest BCUT2D eigenvalue weighted by atomic mass is 19.3. The van der Waals surface area contributed by atoms with E-state index in [2.05, 4.69) is 10.2 Å². The second kappa shape index (κ2) is 4.08. The Hall–Kier alpha value is -2.05. The second-order valence-electron chi connectivity index (χ2n) is 3.37. The second-order valence-corrected chi connectivity index (χ2v) is 3.37. The highest BCUT2D eigenvalue weighted by molar-refractivity contribution is 5.63. The molecule has 3 nitrogen and oxygen atoms in total. The number of rotatable bonds is 2. The fourth-order valence-corrected chi connectivity index (χ4v) is 1.41. The van der Waals surface area contributed by atoms with Gasteiger partial charge in [-0.1, -0.05) is 0 Å². The molecule has 3 N–H and O–H groups in total. The number of nitrogens with zero attached hydrogens (tertiary/aromatic N) is 1. The Labute approximate surface area is 93.3 Å². The van der Waals surface area contributed by atoms with E-state index in [0.717, 1.165) is 6.07 Å². The van der Waals surface area contributed by atoms with Crippen LogP contribution in [0.3, 0.4) is 0 Å². The highest BCUT2D eigenvalue weighted by Crippen LogP contribution is 2.29. The van der Waals surface area contributed by atoms with E-state index in [4.69, 9.17) is 5.73 Å². The van der Waals surface area contributed by atoms with Gasteiger partial charge in [-0.3, -0.25) is 5.10 Å². The smallest absolute Gasteiger partial charge is 0.263 e. The summed E-state index contributed by atoms with van der Waals surface area (Å²) >= 11 is 0. The molecule has 1 aromatic carbocycles. The monoisotopic (exact) mass is 245 g/mol. The highest BCUT2D eigenvalue weighted by Gasteiger charge is 2.18. The summed E-state index contributed by atoms with van der Waals surface area (Å²) in [7, 11) is 0. The van der Waals surface area contributed by atoms with Crippen molar-refractivity contribution in [3.8, 4) is 11.3 Å². The van der Waals surface area contributed by atoms with Crippen LogP contribution in [0.2, 0.25) is 0 Å². The summed E-state index contributed by atoms with van der Waals surface area (Å²) in [6, 6.07) is 2.55. The van der Waals surface area contributed by atoms with Crippen molar-refractivity contribution in [1.29, 1.82) is 0 Å². The van der Waals surface area contributed by atoms with Crippen molar-refractivity contribution >= 4 is 5.82 Å². The lowest BCUT2D eigenvalue weighted by Crippen LogP contribution is -1.95. The number of nitrogens with two attached hydrogens (primary N) is 1. The van der Waals surface area contributed by atoms with Crippen molar-refractivity contribution in [3.63, 3.8) is 0 Å². The maximum absolute atomic E-state index is 13.4. The minimum Gasteiger partial charge on any atom is -0.382 e. The zero-order chi connectivity index (χ0) is 12.6. The van der Waals surface area contributed by atoms with Crippen LogP contribution in [-0.2, 0) is 0 Å². The third-order valence-electron chi connectivity index (χ3n) is 2.19. The van der Waals surface area contributed by atoms with Gasteiger partial charge in [0.1, 0.15) is 5.82 Å². The molecule has 0 aliphatic carbocycles. The van der Waals surface area contributed by atoms with Gasteiger partial charge in [0.2, 0.25) is 0 Å². The molecule has 0 saturated carbocycles. The molecule has 2 aromatic rings. The number of halogens is 4. The Morgan fingerprint density at radius 3 is 2.41 bits per heavy atom. The fourth-order valence-electron chi connectivity index (χ4n) is 1.41. The third kappa shape index (κ3) is 2.08. The zero-order valence-electron chi connectivity index (χ0n) is 8.35. The molecule has 0 aliphatic heterocycles. The molecule has 0 unspecified atom stereocenters. The molecule has 0 aliphatic rings. The summed E-state index contributed by atoms with van der Waals surface area (Å²) in [6.07, 6.45) is -2.89. The number of nitrogens with one attached hydrogen (secondary N) is 1. The number of alkyl halides is 2. The maximum atomic E-state index is 13.4. The number of hydrogen-bond donors (Lipinski definition) is 2. The van der Waals surface area contributed by atoms with E-state index in [1.54, 1.807) is 0 Å². The molecule has 0 spiro atoms. The van der Waals surface area contributed by atoms with Crippen LogP contribution in [-0.4, -0.2) is 10.2 Å². The van der Waals surface area contributed by atoms with Crippen molar-refractivity contribution in [1.82, 2.24) is 10.2 Å². The average Bonchev–Trinajstić information content (AvgIpc) is 2.68. The normalized spacial score (nSPS) is 11.1. The first-order valence-corrected chi connectivity index (χ1v) is 4.57. The molecule has 0 bridgehead atoms.